The number of anilines is 1. The number of aliphatic carboxylic acids is 1. The molecule has 0 aliphatic heterocycles. The number of rotatable bonds is 10. The molecule has 2 aromatic rings. The fraction of sp³-hybridized carbons (Fsp3) is 0.333. The van der Waals surface area contributed by atoms with Gasteiger partial charge in [-0.15, -0.1) is 0 Å². The van der Waals surface area contributed by atoms with Crippen molar-refractivity contribution in [3.05, 3.63) is 65.2 Å². The molecule has 0 aliphatic carbocycles. The van der Waals surface area contributed by atoms with E-state index in [1.54, 1.807) is 24.3 Å². The van der Waals surface area contributed by atoms with Crippen molar-refractivity contribution >= 4 is 29.4 Å². The van der Waals surface area contributed by atoms with E-state index in [4.69, 9.17) is 0 Å². The second-order valence-corrected chi connectivity index (χ2v) is 7.76. The number of hydrogen-bond acceptors (Lipinski definition) is 4. The second-order valence-electron chi connectivity index (χ2n) is 7.76. The Morgan fingerprint density at radius 1 is 0.969 bits per heavy atom. The molecule has 2 unspecified atom stereocenters. The molecule has 8 heteroatoms. The standard InChI is InChI=1S/C24H29N3O5/c1-4-15(2)14-25-22(29)18-11-19(13-20(12-18)26-16(3)28)23(30)27-21(24(31)32)10-17-8-6-5-7-9-17/h5-9,11-13,15,21H,4,10,14H2,1-3H3,(H,25,29)(H,26,28)(H,27,30)(H,31,32). The zero-order chi connectivity index (χ0) is 23.7. The molecule has 8 nitrogen and oxygen atoms in total. The summed E-state index contributed by atoms with van der Waals surface area (Å²) in [6.07, 6.45) is 1.01. The van der Waals surface area contributed by atoms with Crippen LogP contribution in [0.3, 0.4) is 0 Å². The van der Waals surface area contributed by atoms with Gasteiger partial charge in [0.15, 0.2) is 0 Å². The Labute approximate surface area is 187 Å². The average molecular weight is 440 g/mol. The second kappa shape index (κ2) is 11.6. The van der Waals surface area contributed by atoms with Crippen LogP contribution in [0.1, 0.15) is 53.5 Å². The fourth-order valence-corrected chi connectivity index (χ4v) is 2.97. The summed E-state index contributed by atoms with van der Waals surface area (Å²) in [5.41, 5.74) is 1.30. The summed E-state index contributed by atoms with van der Waals surface area (Å²) < 4.78 is 0. The van der Waals surface area contributed by atoms with Crippen molar-refractivity contribution in [2.45, 2.75) is 39.7 Å². The molecule has 0 bridgehead atoms. The predicted octanol–water partition coefficient (Wildman–Crippen LogP) is 2.85. The van der Waals surface area contributed by atoms with Gasteiger partial charge in [-0.1, -0.05) is 50.6 Å². The SMILES string of the molecule is CCC(C)CNC(=O)c1cc(NC(C)=O)cc(C(=O)NC(Cc2ccccc2)C(=O)O)c1. The average Bonchev–Trinajstić information content (AvgIpc) is 2.76. The minimum absolute atomic E-state index is 0.0734. The van der Waals surface area contributed by atoms with Crippen LogP contribution >= 0.6 is 0 Å². The van der Waals surface area contributed by atoms with Crippen LogP contribution in [0.4, 0.5) is 5.69 Å². The summed E-state index contributed by atoms with van der Waals surface area (Å²) in [6, 6.07) is 12.1. The van der Waals surface area contributed by atoms with Crippen LogP contribution in [0.5, 0.6) is 0 Å². The highest BCUT2D eigenvalue weighted by Gasteiger charge is 2.22. The molecule has 0 aromatic heterocycles. The molecule has 0 saturated carbocycles. The fourth-order valence-electron chi connectivity index (χ4n) is 2.97. The van der Waals surface area contributed by atoms with Gasteiger partial charge in [-0.05, 0) is 29.7 Å². The van der Waals surface area contributed by atoms with Crippen LogP contribution in [-0.2, 0) is 16.0 Å². The Morgan fingerprint density at radius 3 is 2.16 bits per heavy atom. The number of carbonyl (C=O) groups excluding carboxylic acids is 3. The van der Waals surface area contributed by atoms with Crippen molar-refractivity contribution in [2.24, 2.45) is 5.92 Å². The van der Waals surface area contributed by atoms with Crippen LogP contribution in [0.2, 0.25) is 0 Å². The molecule has 3 amide bonds. The number of carboxylic acids is 1. The molecule has 0 spiro atoms. The zero-order valence-corrected chi connectivity index (χ0v) is 18.5. The van der Waals surface area contributed by atoms with Crippen LogP contribution in [0.25, 0.3) is 0 Å². The predicted molar refractivity (Wildman–Crippen MR) is 122 cm³/mol. The van der Waals surface area contributed by atoms with E-state index in [-0.39, 0.29) is 41.0 Å². The Morgan fingerprint density at radius 2 is 1.59 bits per heavy atom. The van der Waals surface area contributed by atoms with Gasteiger partial charge in [-0.2, -0.15) is 0 Å². The maximum absolute atomic E-state index is 12.9. The molecular formula is C24H29N3O5. The molecule has 0 heterocycles. The highest BCUT2D eigenvalue weighted by atomic mass is 16.4. The Kier molecular flexibility index (Phi) is 8.95. The lowest BCUT2D eigenvalue weighted by molar-refractivity contribution is -0.139. The Hall–Kier alpha value is -3.68. The molecule has 170 valence electrons. The highest BCUT2D eigenvalue weighted by Crippen LogP contribution is 2.16. The topological polar surface area (TPSA) is 125 Å². The lowest BCUT2D eigenvalue weighted by atomic mass is 10.0. The van der Waals surface area contributed by atoms with Crippen molar-refractivity contribution in [1.82, 2.24) is 10.6 Å². The summed E-state index contributed by atoms with van der Waals surface area (Å²) in [5.74, 6) is -2.29. The van der Waals surface area contributed by atoms with E-state index in [2.05, 4.69) is 16.0 Å². The van der Waals surface area contributed by atoms with Gasteiger partial charge in [0.1, 0.15) is 6.04 Å². The summed E-state index contributed by atoms with van der Waals surface area (Å²) >= 11 is 0. The molecule has 0 aliphatic rings. The van der Waals surface area contributed by atoms with Gasteiger partial charge in [0.25, 0.3) is 11.8 Å². The number of hydrogen-bond donors (Lipinski definition) is 4. The van der Waals surface area contributed by atoms with Gasteiger partial charge in [0, 0.05) is 36.7 Å². The highest BCUT2D eigenvalue weighted by molar-refractivity contribution is 6.03. The van der Waals surface area contributed by atoms with E-state index in [0.29, 0.717) is 6.54 Å². The minimum Gasteiger partial charge on any atom is -0.480 e. The van der Waals surface area contributed by atoms with E-state index >= 15 is 0 Å². The summed E-state index contributed by atoms with van der Waals surface area (Å²) in [7, 11) is 0. The van der Waals surface area contributed by atoms with Crippen LogP contribution < -0.4 is 16.0 Å². The molecule has 4 N–H and O–H groups in total. The molecule has 2 aromatic carbocycles. The molecule has 0 fully saturated rings. The van der Waals surface area contributed by atoms with Gasteiger partial charge < -0.3 is 21.1 Å². The lowest BCUT2D eigenvalue weighted by Crippen LogP contribution is -2.42. The van der Waals surface area contributed by atoms with Crippen LogP contribution in [-0.4, -0.2) is 41.4 Å². The first-order valence-electron chi connectivity index (χ1n) is 10.5. The molecule has 0 saturated heterocycles. The number of nitrogens with one attached hydrogen (secondary N) is 3. The van der Waals surface area contributed by atoms with Crippen molar-refractivity contribution in [1.29, 1.82) is 0 Å². The Bertz CT molecular complexity index is 975. The number of amides is 3. The van der Waals surface area contributed by atoms with E-state index in [0.717, 1.165) is 12.0 Å². The van der Waals surface area contributed by atoms with Crippen LogP contribution in [0.15, 0.2) is 48.5 Å². The summed E-state index contributed by atoms with van der Waals surface area (Å²) in [4.78, 5) is 48.7. The first-order chi connectivity index (χ1) is 15.2. The van der Waals surface area contributed by atoms with Gasteiger partial charge in [-0.3, -0.25) is 14.4 Å². The lowest BCUT2D eigenvalue weighted by Gasteiger charge is -2.16. The quantitative estimate of drug-likeness (QED) is 0.453. The number of carboxylic acid groups (broad SMARTS) is 1. The first kappa shape index (κ1) is 24.6. The molecule has 2 rings (SSSR count). The smallest absolute Gasteiger partial charge is 0.326 e. The third kappa shape index (κ3) is 7.54. The van der Waals surface area contributed by atoms with E-state index in [1.807, 2.05) is 19.9 Å². The Balaban J connectivity index is 2.26. The van der Waals surface area contributed by atoms with Crippen LogP contribution in [0, 0.1) is 5.92 Å². The van der Waals surface area contributed by atoms with Gasteiger partial charge >= 0.3 is 5.97 Å². The van der Waals surface area contributed by atoms with E-state index in [9.17, 15) is 24.3 Å². The summed E-state index contributed by atoms with van der Waals surface area (Å²) in [5, 5.41) is 17.4. The van der Waals surface area contributed by atoms with Crippen molar-refractivity contribution in [3.63, 3.8) is 0 Å². The largest absolute Gasteiger partial charge is 0.480 e. The minimum atomic E-state index is -1.17. The van der Waals surface area contributed by atoms with Crippen molar-refractivity contribution in [2.75, 3.05) is 11.9 Å². The van der Waals surface area contributed by atoms with Crippen molar-refractivity contribution in [3.8, 4) is 0 Å². The number of benzene rings is 2. The van der Waals surface area contributed by atoms with Gasteiger partial charge in [0.05, 0.1) is 0 Å². The number of carbonyl (C=O) groups is 4. The maximum atomic E-state index is 12.9. The van der Waals surface area contributed by atoms with Gasteiger partial charge in [-0.25, -0.2) is 4.79 Å². The normalized spacial score (nSPS) is 12.3. The van der Waals surface area contributed by atoms with Crippen molar-refractivity contribution < 1.29 is 24.3 Å². The third-order valence-corrected chi connectivity index (χ3v) is 4.97. The molecular weight excluding hydrogens is 410 g/mol. The zero-order valence-electron chi connectivity index (χ0n) is 18.5. The monoisotopic (exact) mass is 439 g/mol. The summed E-state index contributed by atoms with van der Waals surface area (Å²) in [6.45, 7) is 5.81. The molecule has 0 radical (unpaired) electrons. The first-order valence-corrected chi connectivity index (χ1v) is 10.5. The third-order valence-electron chi connectivity index (χ3n) is 4.97. The maximum Gasteiger partial charge on any atom is 0.326 e. The van der Waals surface area contributed by atoms with E-state index < -0.39 is 17.9 Å². The molecule has 2 atom stereocenters. The van der Waals surface area contributed by atoms with Gasteiger partial charge in [0.2, 0.25) is 5.91 Å². The molecule has 32 heavy (non-hydrogen) atoms. The van der Waals surface area contributed by atoms with E-state index in [1.165, 1.54) is 25.1 Å².